The van der Waals surface area contributed by atoms with Gasteiger partial charge in [0.2, 0.25) is 10.0 Å². The Morgan fingerprint density at radius 1 is 1.10 bits per heavy atom. The van der Waals surface area contributed by atoms with Gasteiger partial charge in [0.05, 0.1) is 4.90 Å². The summed E-state index contributed by atoms with van der Waals surface area (Å²) in [5.74, 6) is 0.855. The van der Waals surface area contributed by atoms with Crippen LogP contribution in [0.4, 0.5) is 0 Å². The molecule has 7 heteroatoms. The average molecular weight is 438 g/mol. The zero-order valence-corrected chi connectivity index (χ0v) is 15.6. The third-order valence-electron chi connectivity index (χ3n) is 4.06. The second kappa shape index (κ2) is 6.28. The normalized spacial score (nSPS) is 21.6. The van der Waals surface area contributed by atoms with E-state index < -0.39 is 10.0 Å². The maximum atomic E-state index is 12.7. The predicted octanol–water partition coefficient (Wildman–Crippen LogP) is 2.93. The number of sulfonamides is 1. The maximum absolute atomic E-state index is 12.7. The van der Waals surface area contributed by atoms with E-state index in [9.17, 15) is 8.42 Å². The van der Waals surface area contributed by atoms with Crippen LogP contribution in [0, 0.1) is 5.92 Å². The van der Waals surface area contributed by atoms with Gasteiger partial charge in [-0.25, -0.2) is 8.42 Å². The number of benzene rings is 1. The Morgan fingerprint density at radius 3 is 2.33 bits per heavy atom. The Hall–Kier alpha value is 0.0500. The van der Waals surface area contributed by atoms with Crippen molar-refractivity contribution in [2.24, 2.45) is 5.92 Å². The van der Waals surface area contributed by atoms with Crippen LogP contribution in [-0.4, -0.2) is 50.3 Å². The molecule has 2 aliphatic rings. The number of nitrogens with zero attached hydrogens (tertiary/aromatic N) is 2. The van der Waals surface area contributed by atoms with Crippen LogP contribution in [0.25, 0.3) is 0 Å². The summed E-state index contributed by atoms with van der Waals surface area (Å²) in [4.78, 5) is 2.74. The molecule has 1 saturated carbocycles. The van der Waals surface area contributed by atoms with E-state index in [0.29, 0.717) is 22.5 Å². The van der Waals surface area contributed by atoms with Gasteiger partial charge in [-0.3, -0.25) is 0 Å². The number of rotatable bonds is 4. The fraction of sp³-hybridized carbons (Fsp3) is 0.571. The molecule has 1 aliphatic heterocycles. The number of halogens is 2. The molecule has 0 aromatic heterocycles. The summed E-state index contributed by atoms with van der Waals surface area (Å²) in [5, 5.41) is 0. The smallest absolute Gasteiger partial charge is 0.244 e. The van der Waals surface area contributed by atoms with Crippen molar-refractivity contribution in [3.8, 4) is 0 Å². The third-order valence-corrected chi connectivity index (χ3v) is 7.42. The Kier molecular flexibility index (Phi) is 4.76. The fourth-order valence-electron chi connectivity index (χ4n) is 2.64. The molecule has 2 fully saturated rings. The lowest BCUT2D eigenvalue weighted by molar-refractivity contribution is 0.182. The van der Waals surface area contributed by atoms with Gasteiger partial charge in [0.1, 0.15) is 0 Å². The van der Waals surface area contributed by atoms with Crippen LogP contribution in [0.3, 0.4) is 0 Å². The quantitative estimate of drug-likeness (QED) is 0.726. The molecule has 1 saturated heterocycles. The highest BCUT2D eigenvalue weighted by atomic mass is 79.9. The van der Waals surface area contributed by atoms with E-state index in [1.54, 1.807) is 22.5 Å². The molecule has 1 aromatic carbocycles. The summed E-state index contributed by atoms with van der Waals surface area (Å²) in [5.41, 5.74) is 0. The first-order valence-corrected chi connectivity index (χ1v) is 10.2. The predicted molar refractivity (Wildman–Crippen MR) is 89.8 cm³/mol. The molecule has 4 nitrogen and oxygen atoms in total. The summed E-state index contributed by atoms with van der Waals surface area (Å²) < 4.78 is 28.5. The summed E-state index contributed by atoms with van der Waals surface area (Å²) in [6.45, 7) is 3.97. The van der Waals surface area contributed by atoms with Gasteiger partial charge >= 0.3 is 0 Å². The molecular weight excluding hydrogens is 420 g/mol. The molecular formula is C14H18Br2N2O2S. The summed E-state index contributed by atoms with van der Waals surface area (Å²) in [6.07, 6.45) is 2.68. The van der Waals surface area contributed by atoms with Crippen LogP contribution in [0.15, 0.2) is 32.0 Å². The highest BCUT2D eigenvalue weighted by Gasteiger charge is 2.32. The zero-order chi connectivity index (χ0) is 15.0. The highest BCUT2D eigenvalue weighted by molar-refractivity contribution is 9.11. The molecule has 1 aliphatic carbocycles. The van der Waals surface area contributed by atoms with Gasteiger partial charge in [0.15, 0.2) is 0 Å². The number of hydrogen-bond donors (Lipinski definition) is 0. The van der Waals surface area contributed by atoms with E-state index in [4.69, 9.17) is 0 Å². The lowest BCUT2D eigenvalue weighted by atomic mass is 10.3. The molecule has 0 bridgehead atoms. The molecule has 0 N–H and O–H groups in total. The first-order chi connectivity index (χ1) is 9.96. The molecule has 21 heavy (non-hydrogen) atoms. The van der Waals surface area contributed by atoms with Crippen molar-refractivity contribution in [3.05, 3.63) is 27.1 Å². The summed E-state index contributed by atoms with van der Waals surface area (Å²) in [6, 6.07) is 5.19. The molecule has 0 atom stereocenters. The van der Waals surface area contributed by atoms with Crippen molar-refractivity contribution in [3.63, 3.8) is 0 Å². The minimum atomic E-state index is -3.41. The maximum Gasteiger partial charge on any atom is 0.244 e. The van der Waals surface area contributed by atoms with E-state index in [0.717, 1.165) is 30.0 Å². The Labute approximate surface area is 142 Å². The van der Waals surface area contributed by atoms with Crippen molar-refractivity contribution in [1.82, 2.24) is 9.21 Å². The standard InChI is InChI=1S/C14H18Br2N2O2S/c15-12-3-4-14(13(16)9-12)21(19,20)18-7-5-17(6-8-18)10-11-1-2-11/h3-4,9,11H,1-2,5-8,10H2. The molecule has 1 heterocycles. The summed E-state index contributed by atoms with van der Waals surface area (Å²) in [7, 11) is -3.41. The van der Waals surface area contributed by atoms with E-state index in [2.05, 4.69) is 36.8 Å². The van der Waals surface area contributed by atoms with Crippen molar-refractivity contribution in [2.75, 3.05) is 32.7 Å². The highest BCUT2D eigenvalue weighted by Crippen LogP contribution is 2.31. The molecule has 3 rings (SSSR count). The third kappa shape index (κ3) is 3.69. The molecule has 0 radical (unpaired) electrons. The van der Waals surface area contributed by atoms with Gasteiger partial charge in [0, 0.05) is 41.7 Å². The van der Waals surface area contributed by atoms with Crippen LogP contribution in [0.1, 0.15) is 12.8 Å². The van der Waals surface area contributed by atoms with Gasteiger partial charge in [-0.1, -0.05) is 15.9 Å². The lowest BCUT2D eigenvalue weighted by Crippen LogP contribution is -2.49. The first kappa shape index (κ1) is 15.9. The van der Waals surface area contributed by atoms with Crippen LogP contribution in [0.2, 0.25) is 0 Å². The largest absolute Gasteiger partial charge is 0.300 e. The summed E-state index contributed by atoms with van der Waals surface area (Å²) >= 11 is 6.71. The second-order valence-corrected chi connectivity index (χ2v) is 9.40. The van der Waals surface area contributed by atoms with Crippen LogP contribution < -0.4 is 0 Å². The van der Waals surface area contributed by atoms with Crippen molar-refractivity contribution >= 4 is 41.9 Å². The van der Waals surface area contributed by atoms with Gasteiger partial charge in [-0.05, 0) is 52.9 Å². The molecule has 0 amide bonds. The molecule has 0 spiro atoms. The van der Waals surface area contributed by atoms with Crippen LogP contribution in [-0.2, 0) is 10.0 Å². The average Bonchev–Trinajstić information content (AvgIpc) is 3.23. The van der Waals surface area contributed by atoms with Crippen LogP contribution >= 0.6 is 31.9 Å². The van der Waals surface area contributed by atoms with Gasteiger partial charge in [-0.15, -0.1) is 0 Å². The Morgan fingerprint density at radius 2 is 1.76 bits per heavy atom. The first-order valence-electron chi connectivity index (χ1n) is 7.14. The van der Waals surface area contributed by atoms with Gasteiger partial charge in [0.25, 0.3) is 0 Å². The second-order valence-electron chi connectivity index (χ2n) is 5.72. The number of hydrogen-bond acceptors (Lipinski definition) is 3. The molecule has 0 unspecified atom stereocenters. The topological polar surface area (TPSA) is 40.6 Å². The molecule has 1 aromatic rings. The Bertz CT molecular complexity index is 624. The fourth-order valence-corrected chi connectivity index (χ4v) is 5.77. The minimum Gasteiger partial charge on any atom is -0.300 e. The zero-order valence-electron chi connectivity index (χ0n) is 11.6. The van der Waals surface area contributed by atoms with Crippen LogP contribution in [0.5, 0.6) is 0 Å². The lowest BCUT2D eigenvalue weighted by Gasteiger charge is -2.34. The van der Waals surface area contributed by atoms with Gasteiger partial charge < -0.3 is 4.90 Å². The van der Waals surface area contributed by atoms with Gasteiger partial charge in [-0.2, -0.15) is 4.31 Å². The SMILES string of the molecule is O=S(=O)(c1ccc(Br)cc1Br)N1CCN(CC2CC2)CC1. The Balaban J connectivity index is 1.70. The van der Waals surface area contributed by atoms with E-state index in [1.807, 2.05) is 0 Å². The van der Waals surface area contributed by atoms with E-state index in [-0.39, 0.29) is 0 Å². The molecule has 116 valence electrons. The minimum absolute atomic E-state index is 0.348. The van der Waals surface area contributed by atoms with E-state index in [1.165, 1.54) is 12.8 Å². The monoisotopic (exact) mass is 436 g/mol. The van der Waals surface area contributed by atoms with Crippen molar-refractivity contribution in [2.45, 2.75) is 17.7 Å². The van der Waals surface area contributed by atoms with Crippen molar-refractivity contribution in [1.29, 1.82) is 0 Å². The van der Waals surface area contributed by atoms with E-state index >= 15 is 0 Å². The van der Waals surface area contributed by atoms with Crippen molar-refractivity contribution < 1.29 is 8.42 Å². The number of piperazine rings is 1.